The first-order valence-electron chi connectivity index (χ1n) is 43.2. The van der Waals surface area contributed by atoms with Crippen LogP contribution in [0.25, 0.3) is 0 Å². The van der Waals surface area contributed by atoms with Crippen molar-refractivity contribution in [1.29, 1.82) is 0 Å². The van der Waals surface area contributed by atoms with Gasteiger partial charge >= 0.3 is 0 Å². The maximum absolute atomic E-state index is 14.1. The van der Waals surface area contributed by atoms with E-state index in [2.05, 4.69) is 68.5 Å². The van der Waals surface area contributed by atoms with Crippen LogP contribution in [0.3, 0.4) is 0 Å². The number of aromatic hydroxyl groups is 1. The van der Waals surface area contributed by atoms with Gasteiger partial charge in [0.25, 0.3) is 35.4 Å². The van der Waals surface area contributed by atoms with Crippen LogP contribution in [0.2, 0.25) is 0 Å². The molecule has 33 nitrogen and oxygen atoms in total. The van der Waals surface area contributed by atoms with E-state index in [0.717, 1.165) is 46.8 Å². The van der Waals surface area contributed by atoms with Gasteiger partial charge in [0.2, 0.25) is 21.7 Å². The minimum atomic E-state index is -1.02. The zero-order valence-corrected chi connectivity index (χ0v) is 79.9. The van der Waals surface area contributed by atoms with Gasteiger partial charge in [0, 0.05) is 159 Å². The van der Waals surface area contributed by atoms with Crippen LogP contribution in [0.5, 0.6) is 23.0 Å². The van der Waals surface area contributed by atoms with Crippen molar-refractivity contribution in [2.75, 3.05) is 159 Å². The number of alkyl halides is 1. The number of amides is 6. The van der Waals surface area contributed by atoms with Gasteiger partial charge in [-0.15, -0.1) is 0 Å². The van der Waals surface area contributed by atoms with Gasteiger partial charge in [-0.05, 0) is 66.7 Å². The van der Waals surface area contributed by atoms with Gasteiger partial charge in [-0.3, -0.25) is 47.9 Å². The van der Waals surface area contributed by atoms with Gasteiger partial charge in [-0.1, -0.05) is 125 Å². The third-order valence-electron chi connectivity index (χ3n) is 23.6. The molecule has 4 fully saturated rings. The van der Waals surface area contributed by atoms with E-state index in [1.54, 1.807) is 41.0 Å². The molecule has 0 radical (unpaired) electrons. The number of nitrogens with zero attached hydrogens (tertiary/aromatic N) is 7. The number of pyridine rings is 4. The van der Waals surface area contributed by atoms with Gasteiger partial charge in [-0.25, -0.2) is 26.3 Å². The molecule has 6 N–H and O–H groups in total. The predicted octanol–water partition coefficient (Wildman–Crippen LogP) is 9.18. The molecule has 18 rings (SSSR count). The molecule has 0 aliphatic carbocycles. The maximum atomic E-state index is 14.1. The minimum Gasteiger partial charge on any atom is -0.503 e. The Morgan fingerprint density at radius 1 is 0.428 bits per heavy atom. The SMILES string of the molecule is COCCBr.COCCN1CC2(COC2)n2cc(Br)c(=O)c(OCc3ccccc3)c2C1=O.COCCN1CC2(COC2)n2cc(C(=O)NCc3ccc(F)cc3F)c(=O)c(O)c2C1=O.COCCN1CC2(COC2)n2cc(C(=O)NCc3ccc(F)cc3F)c(=O)c(OCc3ccccc3)c2C1=O.NCc1ccc(F)cc1F.O=C1NCC2(COC2)n2cc(Br)c(=O)c(OCc3ccccc3)c21. The fourth-order valence-corrected chi connectivity index (χ4v) is 17.1. The lowest BCUT2D eigenvalue weighted by molar-refractivity contribution is -0.118. The van der Waals surface area contributed by atoms with Crippen LogP contribution in [0.1, 0.15) is 96.1 Å². The summed E-state index contributed by atoms with van der Waals surface area (Å²) in [5.74, 6) is -8.46. The quantitative estimate of drug-likeness (QED) is 0.0236. The van der Waals surface area contributed by atoms with E-state index >= 15 is 0 Å². The Kier molecular flexibility index (Phi) is 34.8. The lowest BCUT2D eigenvalue weighted by Crippen LogP contribution is -2.64. The molecule has 4 spiro atoms. The number of hydrogen-bond donors (Lipinski definition) is 5. The van der Waals surface area contributed by atoms with E-state index in [1.807, 2.05) is 100 Å². The standard InChI is InChI=1S/C28H27F2N3O6.C21H21F2N3O6.C20H21BrN2O5.C17H15BrN2O4.C7H7F2N.C3H7BrO/c1-37-10-9-32-15-28(16-38-17-28)33-13-21(26(35)31-12-19-7-8-20(29)11-22(19)30)24(34)25(23(33)27(32)36)39-14-18-5-3-2-4-6-18;1-31-5-4-25-9-21(10-32-11-21)26-8-14(17(27)18(28)16(26)20(25)30)19(29)24-7-12-2-3-13(22)6-15(12)23;1-26-8-7-22-11-20(12-27-13-20)23-9-15(21)17(24)18(16(23)19(22)25)28-10-14-5-3-2-4-6-14;18-12-6-20-13(16(22)19-8-17(20)9-23-10-17)15(14(12)21)24-7-11-4-2-1-3-5-11;8-6-2-1-5(4-10)7(9)3-6;1-5-3-2-4/h2-8,11,13H,9-10,12,14-17H2,1H3,(H,31,35);2-3,6,8,28H,4-5,7,9-11H2,1H3,(H,24,29);2-6,9H,7-8,10-13H2,1H3;1-6H,7-10H2,(H,19,22);1-3H,4,10H2;2-3H2,1H3. The second kappa shape index (κ2) is 46.5. The molecular weight excluding hydrogens is 2010 g/mol. The van der Waals surface area contributed by atoms with Crippen molar-refractivity contribution in [3.05, 3.63) is 322 Å². The second-order valence-corrected chi connectivity index (χ2v) is 35.6. The first kappa shape index (κ1) is 103. The van der Waals surface area contributed by atoms with Gasteiger partial charge < -0.3 is 112 Å². The zero-order chi connectivity index (χ0) is 98.8. The van der Waals surface area contributed by atoms with Crippen molar-refractivity contribution in [1.82, 2.24) is 48.9 Å². The van der Waals surface area contributed by atoms with Crippen LogP contribution in [-0.2, 0) is 99.5 Å². The van der Waals surface area contributed by atoms with Gasteiger partial charge in [0.05, 0.1) is 88.2 Å². The van der Waals surface area contributed by atoms with E-state index in [1.165, 1.54) is 60.3 Å². The number of carbonyl (C=O) groups excluding carboxylic acids is 6. The highest BCUT2D eigenvalue weighted by Crippen LogP contribution is 2.41. The summed E-state index contributed by atoms with van der Waals surface area (Å²) in [6, 6.07) is 37.4. The van der Waals surface area contributed by atoms with Crippen molar-refractivity contribution in [3.8, 4) is 23.0 Å². The summed E-state index contributed by atoms with van der Waals surface area (Å²) >= 11 is 9.81. The summed E-state index contributed by atoms with van der Waals surface area (Å²) in [6.07, 6.45) is 5.91. The molecule has 10 aromatic rings. The van der Waals surface area contributed by atoms with Gasteiger partial charge in [0.1, 0.15) is 88.0 Å². The molecule has 4 aromatic heterocycles. The summed E-state index contributed by atoms with van der Waals surface area (Å²) in [6.45, 7) is 7.20. The maximum Gasteiger partial charge on any atom is 0.274 e. The lowest BCUT2D eigenvalue weighted by Gasteiger charge is -2.50. The van der Waals surface area contributed by atoms with E-state index < -0.39 is 97.3 Å². The third kappa shape index (κ3) is 23.0. The summed E-state index contributed by atoms with van der Waals surface area (Å²) in [7, 11) is 6.31. The Morgan fingerprint density at radius 3 is 1.09 bits per heavy atom. The fraction of sp³-hybridized carbons (Fsp3) is 0.354. The second-order valence-electron chi connectivity index (χ2n) is 33.1. The molecular formula is C96H98Br3F6N11O22. The number of methoxy groups -OCH3 is 4. The molecule has 8 aliphatic heterocycles. The third-order valence-corrected chi connectivity index (χ3v) is 25.1. The average molecular weight is 2110 g/mol. The molecule has 0 atom stereocenters. The number of halogens is 9. The topological polar surface area (TPSA) is 384 Å². The van der Waals surface area contributed by atoms with Crippen molar-refractivity contribution >= 4 is 83.2 Å². The molecule has 12 heterocycles. The number of ether oxygens (including phenoxy) is 11. The van der Waals surface area contributed by atoms with Gasteiger partial charge in [-0.2, -0.15) is 0 Å². The van der Waals surface area contributed by atoms with E-state index in [0.29, 0.717) is 99.0 Å². The van der Waals surface area contributed by atoms with E-state index in [9.17, 15) is 79.4 Å². The van der Waals surface area contributed by atoms with Crippen molar-refractivity contribution < 1.29 is 112 Å². The molecule has 6 amide bonds. The van der Waals surface area contributed by atoms with Crippen LogP contribution in [-0.4, -0.2) is 232 Å². The molecule has 6 aromatic carbocycles. The highest BCUT2D eigenvalue weighted by molar-refractivity contribution is 9.10. The number of nitrogens with two attached hydrogens (primary N) is 1. The molecule has 42 heteroatoms. The number of carbonyl (C=O) groups is 6. The number of benzene rings is 6. The fourth-order valence-electron chi connectivity index (χ4n) is 16.0. The van der Waals surface area contributed by atoms with Gasteiger partial charge in [0.15, 0.2) is 45.8 Å². The van der Waals surface area contributed by atoms with Crippen LogP contribution >= 0.6 is 47.8 Å². The van der Waals surface area contributed by atoms with E-state index in [4.69, 9.17) is 53.1 Å². The summed E-state index contributed by atoms with van der Waals surface area (Å²) < 4.78 is 146. The molecule has 138 heavy (non-hydrogen) atoms. The molecule has 0 saturated carbocycles. The Morgan fingerprint density at radius 2 is 0.754 bits per heavy atom. The van der Waals surface area contributed by atoms with Crippen LogP contribution < -0.4 is 57.6 Å². The zero-order valence-electron chi connectivity index (χ0n) is 75.2. The van der Waals surface area contributed by atoms with Crippen molar-refractivity contribution in [3.63, 3.8) is 0 Å². The summed E-state index contributed by atoms with van der Waals surface area (Å²) in [5.41, 5.74) is 3.19. The van der Waals surface area contributed by atoms with Crippen molar-refractivity contribution in [2.24, 2.45) is 5.73 Å². The number of hydrogen-bond acceptors (Lipinski definition) is 23. The summed E-state index contributed by atoms with van der Waals surface area (Å²) in [4.78, 5) is 135. The highest BCUT2D eigenvalue weighted by Gasteiger charge is 2.54. The Balaban J connectivity index is 0.000000149. The summed E-state index contributed by atoms with van der Waals surface area (Å²) in [5, 5.41) is 19.3. The molecule has 0 unspecified atom stereocenters. The van der Waals surface area contributed by atoms with E-state index in [-0.39, 0.29) is 171 Å². The first-order valence-corrected chi connectivity index (χ1v) is 45.9. The molecule has 0 bridgehead atoms. The smallest absolute Gasteiger partial charge is 0.274 e. The Bertz CT molecular complexity index is 6370. The number of fused-ring (bicyclic) bond motifs is 8. The normalized spacial score (nSPS) is 15.9. The van der Waals surface area contributed by atoms with Crippen LogP contribution in [0, 0.1) is 34.9 Å². The lowest BCUT2D eigenvalue weighted by atomic mass is 9.91. The molecule has 8 aliphatic rings. The predicted molar refractivity (Wildman–Crippen MR) is 498 cm³/mol. The average Bonchev–Trinajstić information content (AvgIpc) is 0.727. The molecule has 4 saturated heterocycles. The number of rotatable bonds is 27. The number of nitrogens with one attached hydrogen (secondary N) is 3. The Hall–Kier alpha value is -12.2. The first-order chi connectivity index (χ1) is 66.4. The van der Waals surface area contributed by atoms with Crippen LogP contribution in [0.4, 0.5) is 26.3 Å². The highest BCUT2D eigenvalue weighted by atomic mass is 79.9. The molecule has 732 valence electrons. The monoisotopic (exact) mass is 2110 g/mol. The largest absolute Gasteiger partial charge is 0.503 e. The Labute approximate surface area is 811 Å². The van der Waals surface area contributed by atoms with Crippen molar-refractivity contribution in [2.45, 2.75) is 61.6 Å². The minimum absolute atomic E-state index is 0.0101. The number of aromatic nitrogens is 4. The van der Waals surface area contributed by atoms with Crippen LogP contribution in [0.15, 0.2) is 199 Å².